The maximum atomic E-state index is 13.7. The van der Waals surface area contributed by atoms with Gasteiger partial charge in [0.05, 0.1) is 25.8 Å². The standard InChI is InChI=1S/C24H28ClN3O4S/c1-13-9-14(25)10-17-21(13)27-23(30)24(17)18(11-15(28-24)7-8-33-4)22(29)26-19-12-16(31-2)5-6-20(19)32-3/h5-6,9-10,12,15,18,28H,7-8,11H2,1-4H3,(H,26,29)(H,27,30)/t15-,18-,24-/m0/s1. The van der Waals surface area contributed by atoms with E-state index in [-0.39, 0.29) is 17.9 Å². The molecule has 176 valence electrons. The first kappa shape index (κ1) is 23.7. The highest BCUT2D eigenvalue weighted by molar-refractivity contribution is 7.98. The smallest absolute Gasteiger partial charge is 0.250 e. The third-order valence-electron chi connectivity index (χ3n) is 6.45. The number of thioether (sulfide) groups is 1. The number of benzene rings is 2. The molecular weight excluding hydrogens is 462 g/mol. The Hall–Kier alpha value is -2.42. The van der Waals surface area contributed by atoms with E-state index in [0.717, 1.165) is 29.0 Å². The van der Waals surface area contributed by atoms with Crippen molar-refractivity contribution in [1.82, 2.24) is 5.32 Å². The number of methoxy groups -OCH3 is 2. The fraction of sp³-hybridized carbons (Fsp3) is 0.417. The lowest BCUT2D eigenvalue weighted by molar-refractivity contribution is -0.130. The van der Waals surface area contributed by atoms with Crippen molar-refractivity contribution in [3.8, 4) is 11.5 Å². The Balaban J connectivity index is 1.75. The van der Waals surface area contributed by atoms with Gasteiger partial charge in [-0.05, 0) is 61.6 Å². The molecule has 3 N–H and O–H groups in total. The Bertz CT molecular complexity index is 1100. The number of anilines is 2. The van der Waals surface area contributed by atoms with Crippen molar-refractivity contribution in [3.63, 3.8) is 0 Å². The van der Waals surface area contributed by atoms with Crippen LogP contribution in [0.4, 0.5) is 11.4 Å². The van der Waals surface area contributed by atoms with E-state index >= 15 is 0 Å². The van der Waals surface area contributed by atoms with Gasteiger partial charge in [0.25, 0.3) is 0 Å². The van der Waals surface area contributed by atoms with E-state index in [1.54, 1.807) is 50.2 Å². The van der Waals surface area contributed by atoms with E-state index in [4.69, 9.17) is 21.1 Å². The number of carbonyl (C=O) groups is 2. The molecule has 0 unspecified atom stereocenters. The molecule has 3 atom stereocenters. The zero-order chi connectivity index (χ0) is 23.8. The molecular formula is C24H28ClN3O4S. The predicted molar refractivity (Wildman–Crippen MR) is 133 cm³/mol. The molecule has 2 amide bonds. The Kier molecular flexibility index (Phi) is 6.79. The normalized spacial score (nSPS) is 23.4. The van der Waals surface area contributed by atoms with Gasteiger partial charge in [0.2, 0.25) is 11.8 Å². The Morgan fingerprint density at radius 1 is 1.27 bits per heavy atom. The molecule has 0 bridgehead atoms. The van der Waals surface area contributed by atoms with Gasteiger partial charge >= 0.3 is 0 Å². The highest BCUT2D eigenvalue weighted by atomic mass is 35.5. The van der Waals surface area contributed by atoms with Crippen LogP contribution in [-0.4, -0.2) is 44.1 Å². The maximum Gasteiger partial charge on any atom is 0.250 e. The van der Waals surface area contributed by atoms with Crippen molar-refractivity contribution >= 4 is 46.6 Å². The number of rotatable bonds is 7. The van der Waals surface area contributed by atoms with Gasteiger partial charge in [0, 0.05) is 28.4 Å². The molecule has 0 radical (unpaired) electrons. The van der Waals surface area contributed by atoms with Crippen LogP contribution in [0.2, 0.25) is 5.02 Å². The van der Waals surface area contributed by atoms with Gasteiger partial charge in [-0.2, -0.15) is 11.8 Å². The molecule has 1 saturated heterocycles. The van der Waals surface area contributed by atoms with E-state index in [1.165, 1.54) is 0 Å². The van der Waals surface area contributed by atoms with E-state index in [9.17, 15) is 9.59 Å². The summed E-state index contributed by atoms with van der Waals surface area (Å²) in [4.78, 5) is 27.2. The van der Waals surface area contributed by atoms with Gasteiger partial charge in [0.15, 0.2) is 0 Å². The van der Waals surface area contributed by atoms with E-state index < -0.39 is 11.5 Å². The fourth-order valence-corrected chi connectivity index (χ4v) is 5.66. The highest BCUT2D eigenvalue weighted by Crippen LogP contribution is 2.49. The van der Waals surface area contributed by atoms with Gasteiger partial charge in [-0.3, -0.25) is 14.9 Å². The molecule has 4 rings (SSSR count). The zero-order valence-corrected chi connectivity index (χ0v) is 20.7. The van der Waals surface area contributed by atoms with Crippen molar-refractivity contribution in [2.45, 2.75) is 31.3 Å². The summed E-state index contributed by atoms with van der Waals surface area (Å²) in [7, 11) is 3.10. The van der Waals surface area contributed by atoms with Gasteiger partial charge in [-0.1, -0.05) is 11.6 Å². The Morgan fingerprint density at radius 3 is 2.76 bits per heavy atom. The average Bonchev–Trinajstić information content (AvgIpc) is 3.32. The van der Waals surface area contributed by atoms with Crippen LogP contribution in [0.1, 0.15) is 24.0 Å². The lowest BCUT2D eigenvalue weighted by Gasteiger charge is -2.29. The lowest BCUT2D eigenvalue weighted by atomic mass is 9.79. The van der Waals surface area contributed by atoms with Crippen LogP contribution in [0.25, 0.3) is 0 Å². The highest BCUT2D eigenvalue weighted by Gasteiger charge is 2.60. The molecule has 9 heteroatoms. The SMILES string of the molecule is COc1ccc(OC)c(NC(=O)[C@@H]2C[C@H](CCSC)N[C@]23C(=O)Nc2c(C)cc(Cl)cc23)c1. The molecule has 1 spiro atoms. The molecule has 33 heavy (non-hydrogen) atoms. The summed E-state index contributed by atoms with van der Waals surface area (Å²) in [5, 5.41) is 10.0. The largest absolute Gasteiger partial charge is 0.497 e. The van der Waals surface area contributed by atoms with Crippen LogP contribution in [0.3, 0.4) is 0 Å². The van der Waals surface area contributed by atoms with Crippen LogP contribution < -0.4 is 25.4 Å². The molecule has 2 aromatic rings. The summed E-state index contributed by atoms with van der Waals surface area (Å²) < 4.78 is 10.7. The quantitative estimate of drug-likeness (QED) is 0.540. The number of nitrogens with one attached hydrogen (secondary N) is 3. The minimum atomic E-state index is -1.19. The van der Waals surface area contributed by atoms with Crippen molar-refractivity contribution in [2.24, 2.45) is 5.92 Å². The third-order valence-corrected chi connectivity index (χ3v) is 7.31. The number of ether oxygens (including phenoxy) is 2. The van der Waals surface area contributed by atoms with Gasteiger partial charge in [-0.15, -0.1) is 0 Å². The predicted octanol–water partition coefficient (Wildman–Crippen LogP) is 4.18. The number of carbonyl (C=O) groups excluding carboxylic acids is 2. The summed E-state index contributed by atoms with van der Waals surface area (Å²) in [6.07, 6.45) is 3.42. The van der Waals surface area contributed by atoms with Crippen LogP contribution >= 0.6 is 23.4 Å². The number of amides is 2. The maximum absolute atomic E-state index is 13.7. The Labute approximate surface area is 202 Å². The zero-order valence-electron chi connectivity index (χ0n) is 19.1. The summed E-state index contributed by atoms with van der Waals surface area (Å²) in [6, 6.07) is 8.82. The number of fused-ring (bicyclic) bond motifs is 2. The molecule has 1 fully saturated rings. The van der Waals surface area contributed by atoms with Gasteiger partial charge < -0.3 is 20.1 Å². The Morgan fingerprint density at radius 2 is 2.06 bits per heavy atom. The first-order valence-electron chi connectivity index (χ1n) is 10.8. The van der Waals surface area contributed by atoms with Crippen molar-refractivity contribution < 1.29 is 19.1 Å². The minimum Gasteiger partial charge on any atom is -0.497 e. The molecule has 2 aliphatic rings. The van der Waals surface area contributed by atoms with Gasteiger partial charge in [0.1, 0.15) is 17.0 Å². The first-order valence-corrected chi connectivity index (χ1v) is 12.5. The monoisotopic (exact) mass is 489 g/mol. The second-order valence-electron chi connectivity index (χ2n) is 8.37. The van der Waals surface area contributed by atoms with E-state index in [0.29, 0.717) is 28.6 Å². The molecule has 2 heterocycles. The number of hydrogen-bond acceptors (Lipinski definition) is 6. The summed E-state index contributed by atoms with van der Waals surface area (Å²) in [6.45, 7) is 1.90. The van der Waals surface area contributed by atoms with E-state index in [2.05, 4.69) is 16.0 Å². The summed E-state index contributed by atoms with van der Waals surface area (Å²) >= 11 is 8.13. The second-order valence-corrected chi connectivity index (χ2v) is 9.80. The topological polar surface area (TPSA) is 88.7 Å². The van der Waals surface area contributed by atoms with Crippen molar-refractivity contribution in [1.29, 1.82) is 0 Å². The van der Waals surface area contributed by atoms with Crippen LogP contribution in [0, 0.1) is 12.8 Å². The second kappa shape index (κ2) is 9.44. The molecule has 0 saturated carbocycles. The molecule has 0 aromatic heterocycles. The van der Waals surface area contributed by atoms with Gasteiger partial charge in [-0.25, -0.2) is 0 Å². The van der Waals surface area contributed by atoms with Crippen molar-refractivity contribution in [3.05, 3.63) is 46.5 Å². The summed E-state index contributed by atoms with van der Waals surface area (Å²) in [5.74, 6) is 0.898. The number of halogens is 1. The summed E-state index contributed by atoms with van der Waals surface area (Å²) in [5.41, 5.74) is 1.61. The fourth-order valence-electron chi connectivity index (χ4n) is 4.87. The van der Waals surface area contributed by atoms with Crippen molar-refractivity contribution in [2.75, 3.05) is 36.9 Å². The van der Waals surface area contributed by atoms with Crippen LogP contribution in [0.5, 0.6) is 11.5 Å². The molecule has 7 nitrogen and oxygen atoms in total. The van der Waals surface area contributed by atoms with E-state index in [1.807, 2.05) is 19.2 Å². The van der Waals surface area contributed by atoms with Crippen LogP contribution in [-0.2, 0) is 15.1 Å². The van der Waals surface area contributed by atoms with Crippen LogP contribution in [0.15, 0.2) is 30.3 Å². The molecule has 0 aliphatic carbocycles. The lowest BCUT2D eigenvalue weighted by Crippen LogP contribution is -2.52. The number of aryl methyl sites for hydroxylation is 1. The minimum absolute atomic E-state index is 0.0105. The molecule has 2 aliphatic heterocycles. The third kappa shape index (κ3) is 4.16. The average molecular weight is 490 g/mol. The molecule has 2 aromatic carbocycles. The first-order chi connectivity index (χ1) is 15.8. The number of hydrogen-bond donors (Lipinski definition) is 3.